The van der Waals surface area contributed by atoms with Gasteiger partial charge in [0.1, 0.15) is 5.75 Å². The van der Waals surface area contributed by atoms with Crippen LogP contribution in [0.2, 0.25) is 5.02 Å². The third kappa shape index (κ3) is 2.80. The summed E-state index contributed by atoms with van der Waals surface area (Å²) in [6.45, 7) is 1.85. The Morgan fingerprint density at radius 3 is 2.68 bits per heavy atom. The molecule has 0 unspecified atom stereocenters. The van der Waals surface area contributed by atoms with E-state index in [1.54, 1.807) is 6.07 Å². The molecule has 4 nitrogen and oxygen atoms in total. The second-order valence-corrected chi connectivity index (χ2v) is 4.57. The van der Waals surface area contributed by atoms with E-state index < -0.39 is 0 Å². The second kappa shape index (κ2) is 5.20. The lowest BCUT2D eigenvalue weighted by Crippen LogP contribution is -2.13. The first-order valence-electron chi connectivity index (χ1n) is 5.64. The average Bonchev–Trinajstić information content (AvgIpc) is 2.37. The van der Waals surface area contributed by atoms with Gasteiger partial charge in [-0.3, -0.25) is 4.79 Å². The van der Waals surface area contributed by atoms with E-state index in [1.807, 2.05) is 19.1 Å². The van der Waals surface area contributed by atoms with Crippen molar-refractivity contribution in [3.63, 3.8) is 0 Å². The van der Waals surface area contributed by atoms with Crippen LogP contribution in [0.25, 0.3) is 0 Å². The molecule has 0 bridgehead atoms. The highest BCUT2D eigenvalue weighted by Crippen LogP contribution is 2.27. The number of carbonyl (C=O) groups is 1. The van der Waals surface area contributed by atoms with Gasteiger partial charge in [-0.2, -0.15) is 0 Å². The van der Waals surface area contributed by atoms with Gasteiger partial charge in [0, 0.05) is 5.56 Å². The molecular weight excluding hydrogens is 264 g/mol. The Bertz CT molecular complexity index is 621. The van der Waals surface area contributed by atoms with Gasteiger partial charge >= 0.3 is 0 Å². The SMILES string of the molecule is Cc1cccc(Cl)c1NC(=O)c1ccc(N)c(O)c1. The third-order valence-corrected chi connectivity index (χ3v) is 3.07. The summed E-state index contributed by atoms with van der Waals surface area (Å²) in [5.41, 5.74) is 7.45. The third-order valence-electron chi connectivity index (χ3n) is 2.75. The summed E-state index contributed by atoms with van der Waals surface area (Å²) < 4.78 is 0. The van der Waals surface area contributed by atoms with Gasteiger partial charge in [-0.1, -0.05) is 23.7 Å². The van der Waals surface area contributed by atoms with Crippen LogP contribution in [0, 0.1) is 6.92 Å². The smallest absolute Gasteiger partial charge is 0.255 e. The second-order valence-electron chi connectivity index (χ2n) is 4.16. The number of nitrogen functional groups attached to an aromatic ring is 1. The summed E-state index contributed by atoms with van der Waals surface area (Å²) in [4.78, 5) is 12.1. The number of benzene rings is 2. The molecule has 0 saturated carbocycles. The molecule has 0 aliphatic heterocycles. The number of carbonyl (C=O) groups excluding carboxylic acids is 1. The first-order chi connectivity index (χ1) is 8.99. The number of amides is 1. The van der Waals surface area contributed by atoms with Gasteiger partial charge in [0.25, 0.3) is 5.91 Å². The summed E-state index contributed by atoms with van der Waals surface area (Å²) in [6, 6.07) is 9.69. The van der Waals surface area contributed by atoms with Gasteiger partial charge in [-0.15, -0.1) is 0 Å². The van der Waals surface area contributed by atoms with Crippen LogP contribution in [0.1, 0.15) is 15.9 Å². The minimum Gasteiger partial charge on any atom is -0.506 e. The van der Waals surface area contributed by atoms with E-state index in [0.717, 1.165) is 5.56 Å². The quantitative estimate of drug-likeness (QED) is 0.582. The number of hydrogen-bond donors (Lipinski definition) is 3. The van der Waals surface area contributed by atoms with E-state index in [2.05, 4.69) is 5.32 Å². The van der Waals surface area contributed by atoms with Gasteiger partial charge in [-0.25, -0.2) is 0 Å². The van der Waals surface area contributed by atoms with E-state index in [0.29, 0.717) is 16.3 Å². The number of halogens is 1. The maximum Gasteiger partial charge on any atom is 0.255 e. The van der Waals surface area contributed by atoms with Crippen LogP contribution < -0.4 is 11.1 Å². The number of nitrogens with one attached hydrogen (secondary N) is 1. The molecule has 0 saturated heterocycles. The molecule has 2 rings (SSSR count). The summed E-state index contributed by atoms with van der Waals surface area (Å²) in [7, 11) is 0. The monoisotopic (exact) mass is 276 g/mol. The zero-order valence-electron chi connectivity index (χ0n) is 10.3. The van der Waals surface area contributed by atoms with Crippen molar-refractivity contribution < 1.29 is 9.90 Å². The van der Waals surface area contributed by atoms with Crippen molar-refractivity contribution in [3.05, 3.63) is 52.5 Å². The lowest BCUT2D eigenvalue weighted by Gasteiger charge is -2.10. The molecular formula is C14H13ClN2O2. The van der Waals surface area contributed by atoms with Crippen molar-refractivity contribution in [2.24, 2.45) is 0 Å². The standard InChI is InChI=1S/C14H13ClN2O2/c1-8-3-2-4-10(15)13(8)17-14(19)9-5-6-11(16)12(18)7-9/h2-7,18H,16H2,1H3,(H,17,19). The van der Waals surface area contributed by atoms with Crippen LogP contribution in [-0.2, 0) is 0 Å². The Labute approximate surface area is 115 Å². The minimum absolute atomic E-state index is 0.122. The Balaban J connectivity index is 2.28. The Kier molecular flexibility index (Phi) is 3.62. The predicted molar refractivity (Wildman–Crippen MR) is 76.7 cm³/mol. The number of aromatic hydroxyl groups is 1. The van der Waals surface area contributed by atoms with E-state index in [-0.39, 0.29) is 17.3 Å². The highest BCUT2D eigenvalue weighted by molar-refractivity contribution is 6.34. The van der Waals surface area contributed by atoms with Gasteiger partial charge < -0.3 is 16.2 Å². The van der Waals surface area contributed by atoms with Crippen LogP contribution >= 0.6 is 11.6 Å². The Morgan fingerprint density at radius 2 is 2.05 bits per heavy atom. The van der Waals surface area contributed by atoms with E-state index in [4.69, 9.17) is 17.3 Å². The van der Waals surface area contributed by atoms with Gasteiger partial charge in [0.05, 0.1) is 16.4 Å². The molecule has 0 spiro atoms. The molecule has 2 aromatic carbocycles. The molecule has 1 amide bonds. The largest absolute Gasteiger partial charge is 0.506 e. The van der Waals surface area contributed by atoms with E-state index >= 15 is 0 Å². The number of nitrogens with two attached hydrogens (primary N) is 1. The number of aryl methyl sites for hydroxylation is 1. The minimum atomic E-state index is -0.355. The summed E-state index contributed by atoms with van der Waals surface area (Å²) in [5.74, 6) is -0.477. The normalized spacial score (nSPS) is 10.2. The zero-order valence-corrected chi connectivity index (χ0v) is 11.0. The fourth-order valence-electron chi connectivity index (χ4n) is 1.66. The van der Waals surface area contributed by atoms with Crippen molar-refractivity contribution in [2.75, 3.05) is 11.1 Å². The highest BCUT2D eigenvalue weighted by Gasteiger charge is 2.11. The van der Waals surface area contributed by atoms with Crippen LogP contribution in [0.4, 0.5) is 11.4 Å². The fraction of sp³-hybridized carbons (Fsp3) is 0.0714. The summed E-state index contributed by atoms with van der Waals surface area (Å²) in [5, 5.41) is 12.7. The number of phenols is 1. The molecule has 2 aromatic rings. The lowest BCUT2D eigenvalue weighted by atomic mass is 10.1. The van der Waals surface area contributed by atoms with Crippen molar-refractivity contribution in [1.29, 1.82) is 0 Å². The zero-order chi connectivity index (χ0) is 14.0. The average molecular weight is 277 g/mol. The van der Waals surface area contributed by atoms with Crippen molar-refractivity contribution in [1.82, 2.24) is 0 Å². The molecule has 0 fully saturated rings. The lowest BCUT2D eigenvalue weighted by molar-refractivity contribution is 0.102. The molecule has 0 radical (unpaired) electrons. The first-order valence-corrected chi connectivity index (χ1v) is 6.02. The van der Waals surface area contributed by atoms with Crippen molar-refractivity contribution in [3.8, 4) is 5.75 Å². The summed E-state index contributed by atoms with van der Waals surface area (Å²) >= 11 is 6.03. The molecule has 0 aliphatic carbocycles. The molecule has 19 heavy (non-hydrogen) atoms. The topological polar surface area (TPSA) is 75.4 Å². The van der Waals surface area contributed by atoms with Crippen LogP contribution in [0.5, 0.6) is 5.75 Å². The number of hydrogen-bond acceptors (Lipinski definition) is 3. The summed E-state index contributed by atoms with van der Waals surface area (Å²) in [6.07, 6.45) is 0. The molecule has 0 atom stereocenters. The predicted octanol–water partition coefficient (Wildman–Crippen LogP) is 3.19. The van der Waals surface area contributed by atoms with Crippen molar-refractivity contribution in [2.45, 2.75) is 6.92 Å². The van der Waals surface area contributed by atoms with Gasteiger partial charge in [0.15, 0.2) is 0 Å². The molecule has 0 aliphatic rings. The molecule has 5 heteroatoms. The number of anilines is 2. The highest BCUT2D eigenvalue weighted by atomic mass is 35.5. The van der Waals surface area contributed by atoms with E-state index in [9.17, 15) is 9.90 Å². The van der Waals surface area contributed by atoms with Crippen LogP contribution in [0.3, 0.4) is 0 Å². The number of rotatable bonds is 2. The van der Waals surface area contributed by atoms with Gasteiger partial charge in [0.2, 0.25) is 0 Å². The van der Waals surface area contributed by atoms with Crippen LogP contribution in [-0.4, -0.2) is 11.0 Å². The fourth-order valence-corrected chi connectivity index (χ4v) is 1.93. The van der Waals surface area contributed by atoms with Crippen LogP contribution in [0.15, 0.2) is 36.4 Å². The first kappa shape index (κ1) is 13.2. The molecule has 0 aromatic heterocycles. The maximum absolute atomic E-state index is 12.1. The molecule has 98 valence electrons. The Hall–Kier alpha value is -2.20. The van der Waals surface area contributed by atoms with Gasteiger partial charge in [-0.05, 0) is 36.8 Å². The molecule has 4 N–H and O–H groups in total. The Morgan fingerprint density at radius 1 is 1.32 bits per heavy atom. The van der Waals surface area contributed by atoms with Crippen molar-refractivity contribution >= 4 is 28.9 Å². The number of para-hydroxylation sites is 1. The number of phenolic OH excluding ortho intramolecular Hbond substituents is 1. The maximum atomic E-state index is 12.1. The van der Waals surface area contributed by atoms with E-state index in [1.165, 1.54) is 18.2 Å². The molecule has 0 heterocycles.